The summed E-state index contributed by atoms with van der Waals surface area (Å²) in [5, 5.41) is -0.605. The Morgan fingerprint density at radius 3 is 2.38 bits per heavy atom. The molecule has 0 radical (unpaired) electrons. The van der Waals surface area contributed by atoms with Crippen molar-refractivity contribution >= 4 is 17.0 Å². The molecule has 1 saturated heterocycles. The van der Waals surface area contributed by atoms with Gasteiger partial charge in [-0.1, -0.05) is 0 Å². The molecule has 1 fully saturated rings. The van der Waals surface area contributed by atoms with Gasteiger partial charge in [0.15, 0.2) is 17.9 Å². The van der Waals surface area contributed by atoms with Crippen LogP contribution in [0.15, 0.2) is 12.1 Å². The zero-order chi connectivity index (χ0) is 15.6. The van der Waals surface area contributed by atoms with Crippen LogP contribution in [0, 0.1) is 11.6 Å². The van der Waals surface area contributed by atoms with Gasteiger partial charge in [-0.3, -0.25) is 9.69 Å². The van der Waals surface area contributed by atoms with Crippen molar-refractivity contribution in [2.75, 3.05) is 33.3 Å². The summed E-state index contributed by atoms with van der Waals surface area (Å²) in [6, 6.07) is 2.33. The average molecular weight is 323 g/mol. The van der Waals surface area contributed by atoms with Gasteiger partial charge in [0.05, 0.1) is 7.11 Å². The third-order valence-corrected chi connectivity index (χ3v) is 3.68. The number of carbonyl (C=O) groups is 1. The van der Waals surface area contributed by atoms with E-state index in [1.54, 1.807) is 0 Å². The van der Waals surface area contributed by atoms with Crippen molar-refractivity contribution in [3.05, 3.63) is 29.3 Å². The van der Waals surface area contributed by atoms with Gasteiger partial charge < -0.3 is 9.64 Å². The molecule has 21 heavy (non-hydrogen) atoms. The minimum Gasteiger partial charge on any atom is -0.494 e. The summed E-state index contributed by atoms with van der Waals surface area (Å²) in [5.41, 5.74) is -0.390. The molecule has 0 spiro atoms. The van der Waals surface area contributed by atoms with Gasteiger partial charge in [0, 0.05) is 31.7 Å². The van der Waals surface area contributed by atoms with Gasteiger partial charge in [0.25, 0.3) is 0 Å². The zero-order valence-electron chi connectivity index (χ0n) is 11.3. The summed E-state index contributed by atoms with van der Waals surface area (Å²) in [7, 11) is 1.20. The summed E-state index contributed by atoms with van der Waals surface area (Å²) in [4.78, 5) is 13.6. The van der Waals surface area contributed by atoms with Gasteiger partial charge in [0.1, 0.15) is 0 Å². The Hall–Kier alpha value is -1.47. The number of ether oxygens (including phenoxy) is 1. The van der Waals surface area contributed by atoms with Crippen molar-refractivity contribution < 1.29 is 22.7 Å². The van der Waals surface area contributed by atoms with E-state index in [-0.39, 0.29) is 37.5 Å². The Morgan fingerprint density at radius 1 is 1.24 bits per heavy atom. The maximum atomic E-state index is 14.4. The maximum Gasteiger partial charge on any atom is 0.316 e. The third-order valence-electron chi connectivity index (χ3n) is 3.44. The maximum absolute atomic E-state index is 14.4. The van der Waals surface area contributed by atoms with Crippen LogP contribution in [0.1, 0.15) is 11.9 Å². The minimum atomic E-state index is -1.79. The Bertz CT molecular complexity index is 536. The Balaban J connectivity index is 2.13. The molecule has 0 aromatic heterocycles. The smallest absolute Gasteiger partial charge is 0.316 e. The number of methoxy groups -OCH3 is 1. The number of amides is 1. The molecule has 1 aromatic rings. The molecule has 1 amide bonds. The summed E-state index contributed by atoms with van der Waals surface area (Å²) >= 11 is 5.33. The second-order valence-electron chi connectivity index (χ2n) is 4.60. The predicted molar refractivity (Wildman–Crippen MR) is 71.2 cm³/mol. The number of piperazine rings is 1. The predicted octanol–water partition coefficient (Wildman–Crippen LogP) is 2.92. The SMILES string of the molecule is COc1ccc(C(F)N2CCN(C(=O)Cl)CC2)c(F)c1F. The molecule has 0 saturated carbocycles. The van der Waals surface area contributed by atoms with Gasteiger partial charge >= 0.3 is 5.37 Å². The van der Waals surface area contributed by atoms with Crippen molar-refractivity contribution in [2.24, 2.45) is 0 Å². The first kappa shape index (κ1) is 15.9. The van der Waals surface area contributed by atoms with Crippen molar-refractivity contribution in [3.8, 4) is 5.75 Å². The van der Waals surface area contributed by atoms with Crippen LogP contribution in [0.4, 0.5) is 18.0 Å². The van der Waals surface area contributed by atoms with Crippen molar-refractivity contribution in [2.45, 2.75) is 6.30 Å². The van der Waals surface area contributed by atoms with Crippen molar-refractivity contribution in [3.63, 3.8) is 0 Å². The standard InChI is InChI=1S/C13H14ClF3N2O2/c1-21-9-3-2-8(10(15)11(9)16)12(17)18-4-6-19(7-5-18)13(14)20/h2-3,12H,4-7H2,1H3. The van der Waals surface area contributed by atoms with E-state index in [2.05, 4.69) is 4.74 Å². The first-order chi connectivity index (χ1) is 9.95. The Labute approximate surface area is 125 Å². The zero-order valence-corrected chi connectivity index (χ0v) is 12.0. The van der Waals surface area contributed by atoms with Crippen LogP contribution in [0.3, 0.4) is 0 Å². The third kappa shape index (κ3) is 3.24. The fraction of sp³-hybridized carbons (Fsp3) is 0.462. The molecule has 0 aliphatic carbocycles. The number of halogens is 4. The quantitative estimate of drug-likeness (QED) is 0.633. The van der Waals surface area contributed by atoms with Crippen LogP contribution in [0.25, 0.3) is 0 Å². The molecule has 8 heteroatoms. The van der Waals surface area contributed by atoms with E-state index in [0.717, 1.165) is 6.07 Å². The first-order valence-corrected chi connectivity index (χ1v) is 6.68. The number of alkyl halides is 1. The second-order valence-corrected chi connectivity index (χ2v) is 4.92. The summed E-state index contributed by atoms with van der Waals surface area (Å²) in [6.45, 7) is 0.853. The van der Waals surface area contributed by atoms with Crippen LogP contribution in [-0.4, -0.2) is 48.5 Å². The van der Waals surface area contributed by atoms with Gasteiger partial charge in [-0.05, 0) is 23.7 Å². The van der Waals surface area contributed by atoms with Gasteiger partial charge in [-0.15, -0.1) is 0 Å². The van der Waals surface area contributed by atoms with E-state index in [1.807, 2.05) is 0 Å². The molecule has 0 N–H and O–H groups in total. The largest absolute Gasteiger partial charge is 0.494 e. The van der Waals surface area contributed by atoms with E-state index in [9.17, 15) is 18.0 Å². The normalized spacial score (nSPS) is 17.7. The van der Waals surface area contributed by atoms with Gasteiger partial charge in [0.2, 0.25) is 5.82 Å². The number of benzene rings is 1. The molecule has 2 rings (SSSR count). The number of hydrogen-bond donors (Lipinski definition) is 0. The lowest BCUT2D eigenvalue weighted by molar-refractivity contribution is 0.0413. The number of hydrogen-bond acceptors (Lipinski definition) is 3. The van der Waals surface area contributed by atoms with Crippen LogP contribution >= 0.6 is 11.6 Å². The highest BCUT2D eigenvalue weighted by molar-refractivity contribution is 6.62. The Kier molecular flexibility index (Phi) is 4.95. The monoisotopic (exact) mass is 322 g/mol. The molecular formula is C13H14ClF3N2O2. The fourth-order valence-electron chi connectivity index (χ4n) is 2.21. The molecule has 1 aliphatic rings. The van der Waals surface area contributed by atoms with Crippen LogP contribution < -0.4 is 4.74 Å². The summed E-state index contributed by atoms with van der Waals surface area (Å²) < 4.78 is 46.5. The van der Waals surface area contributed by atoms with Crippen molar-refractivity contribution in [1.82, 2.24) is 9.80 Å². The second kappa shape index (κ2) is 6.53. The first-order valence-electron chi connectivity index (χ1n) is 6.30. The van der Waals surface area contributed by atoms with Gasteiger partial charge in [-0.25, -0.2) is 8.78 Å². The molecule has 1 aromatic carbocycles. The molecule has 1 heterocycles. The highest BCUT2D eigenvalue weighted by Gasteiger charge is 2.29. The molecule has 1 aliphatic heterocycles. The van der Waals surface area contributed by atoms with E-state index in [1.165, 1.54) is 23.0 Å². The van der Waals surface area contributed by atoms with Crippen LogP contribution in [-0.2, 0) is 0 Å². The lowest BCUT2D eigenvalue weighted by atomic mass is 10.1. The van der Waals surface area contributed by atoms with Crippen LogP contribution in [0.5, 0.6) is 5.75 Å². The molecule has 116 valence electrons. The minimum absolute atomic E-state index is 0.187. The lowest BCUT2D eigenvalue weighted by Crippen LogP contribution is -2.47. The van der Waals surface area contributed by atoms with E-state index < -0.39 is 23.3 Å². The van der Waals surface area contributed by atoms with Crippen LogP contribution in [0.2, 0.25) is 0 Å². The highest BCUT2D eigenvalue weighted by atomic mass is 35.5. The average Bonchev–Trinajstić information content (AvgIpc) is 2.49. The van der Waals surface area contributed by atoms with E-state index >= 15 is 0 Å². The number of nitrogens with zero attached hydrogens (tertiary/aromatic N) is 2. The molecule has 0 bridgehead atoms. The van der Waals surface area contributed by atoms with Crippen molar-refractivity contribution in [1.29, 1.82) is 0 Å². The summed E-state index contributed by atoms with van der Waals surface area (Å²) in [5.74, 6) is -2.76. The molecule has 1 atom stereocenters. The topological polar surface area (TPSA) is 32.8 Å². The lowest BCUT2D eigenvalue weighted by Gasteiger charge is -2.35. The fourth-order valence-corrected chi connectivity index (χ4v) is 2.38. The Morgan fingerprint density at radius 2 is 1.86 bits per heavy atom. The molecular weight excluding hydrogens is 309 g/mol. The number of carbonyl (C=O) groups excluding carboxylic acids is 1. The number of rotatable bonds is 3. The summed E-state index contributed by atoms with van der Waals surface area (Å²) in [6.07, 6.45) is -1.79. The van der Waals surface area contributed by atoms with E-state index in [0.29, 0.717) is 0 Å². The molecule has 4 nitrogen and oxygen atoms in total. The van der Waals surface area contributed by atoms with Gasteiger partial charge in [-0.2, -0.15) is 4.39 Å². The van der Waals surface area contributed by atoms with E-state index in [4.69, 9.17) is 11.6 Å². The highest BCUT2D eigenvalue weighted by Crippen LogP contribution is 2.30. The molecule has 1 unspecified atom stereocenters.